The first kappa shape index (κ1) is 19.6. The van der Waals surface area contributed by atoms with Gasteiger partial charge in [-0.2, -0.15) is 4.58 Å². The first-order valence-electron chi connectivity index (χ1n) is 10.8. The second-order valence-corrected chi connectivity index (χ2v) is 8.96. The Hall–Kier alpha value is -3.34. The number of benzene rings is 2. The molecule has 0 amide bonds. The van der Waals surface area contributed by atoms with Gasteiger partial charge in [-0.3, -0.25) is 4.79 Å². The number of carboxylic acid groups (broad SMARTS) is 1. The van der Waals surface area contributed by atoms with Gasteiger partial charge in [-0.05, 0) is 52.0 Å². The van der Waals surface area contributed by atoms with Crippen molar-refractivity contribution in [3.05, 3.63) is 70.5 Å². The summed E-state index contributed by atoms with van der Waals surface area (Å²) < 4.78 is 8.77. The fourth-order valence-electron chi connectivity index (χ4n) is 5.03. The molecule has 5 heteroatoms. The van der Waals surface area contributed by atoms with Crippen LogP contribution in [-0.2, 0) is 10.2 Å². The lowest BCUT2D eigenvalue weighted by atomic mass is 9.77. The van der Waals surface area contributed by atoms with E-state index in [1.165, 1.54) is 22.5 Å². The van der Waals surface area contributed by atoms with Crippen LogP contribution < -0.4 is 9.64 Å². The van der Waals surface area contributed by atoms with E-state index in [0.717, 1.165) is 34.9 Å². The SMILES string of the molecule is CCN(CC(=O)O)c1ccc2c(c1)OC1=CC[N+]3=C(C1=C2)C(C)(C)c1cc(C)ccc13. The van der Waals surface area contributed by atoms with Crippen molar-refractivity contribution in [3.8, 4) is 5.75 Å². The number of likely N-dealkylation sites (N-methyl/N-ethyl adjacent to an activating group) is 1. The number of aliphatic carboxylic acids is 1. The van der Waals surface area contributed by atoms with Crippen LogP contribution in [-0.4, -0.2) is 41.0 Å². The molecule has 5 rings (SSSR count). The Kier molecular flexibility index (Phi) is 4.33. The lowest BCUT2D eigenvalue weighted by Gasteiger charge is -2.28. The summed E-state index contributed by atoms with van der Waals surface area (Å²) in [6, 6.07) is 12.7. The molecule has 3 heterocycles. The number of allylic oxidation sites excluding steroid dienone is 1. The first-order valence-corrected chi connectivity index (χ1v) is 10.8. The minimum absolute atomic E-state index is 0.0299. The molecule has 0 fully saturated rings. The number of aryl methyl sites for hydroxylation is 1. The molecule has 0 saturated heterocycles. The number of carboxylic acids is 1. The number of anilines is 1. The molecular formula is C26H27N2O3+. The predicted molar refractivity (Wildman–Crippen MR) is 123 cm³/mol. The van der Waals surface area contributed by atoms with Crippen LogP contribution in [0.15, 0.2) is 53.8 Å². The van der Waals surface area contributed by atoms with E-state index in [1.807, 2.05) is 30.0 Å². The van der Waals surface area contributed by atoms with Gasteiger partial charge in [0.1, 0.15) is 18.1 Å². The monoisotopic (exact) mass is 415 g/mol. The van der Waals surface area contributed by atoms with E-state index in [1.54, 1.807) is 0 Å². The number of carbonyl (C=O) groups is 1. The van der Waals surface area contributed by atoms with Gasteiger partial charge < -0.3 is 14.7 Å². The highest BCUT2D eigenvalue weighted by Crippen LogP contribution is 2.47. The largest absolute Gasteiger partial charge is 0.480 e. The highest BCUT2D eigenvalue weighted by Gasteiger charge is 2.50. The molecule has 0 spiro atoms. The van der Waals surface area contributed by atoms with Gasteiger partial charge in [0.25, 0.3) is 0 Å². The molecule has 0 atom stereocenters. The lowest BCUT2D eigenvalue weighted by molar-refractivity contribution is -0.427. The fraction of sp³-hybridized carbons (Fsp3) is 0.308. The Balaban J connectivity index is 1.58. The highest BCUT2D eigenvalue weighted by molar-refractivity contribution is 6.13. The van der Waals surface area contributed by atoms with Crippen molar-refractivity contribution < 1.29 is 19.2 Å². The second kappa shape index (κ2) is 6.84. The van der Waals surface area contributed by atoms with Crippen LogP contribution in [0.2, 0.25) is 0 Å². The molecule has 3 aliphatic rings. The maximum Gasteiger partial charge on any atom is 0.323 e. The van der Waals surface area contributed by atoms with Gasteiger partial charge in [0.15, 0.2) is 6.54 Å². The molecule has 0 aromatic heterocycles. The Morgan fingerprint density at radius 3 is 2.77 bits per heavy atom. The summed E-state index contributed by atoms with van der Waals surface area (Å²) in [5.41, 5.74) is 8.06. The molecule has 0 saturated carbocycles. The molecule has 0 aliphatic carbocycles. The van der Waals surface area contributed by atoms with E-state index < -0.39 is 5.97 Å². The summed E-state index contributed by atoms with van der Waals surface area (Å²) in [5.74, 6) is 0.816. The third-order valence-electron chi connectivity index (χ3n) is 6.55. The van der Waals surface area contributed by atoms with Crippen LogP contribution in [0, 0.1) is 6.92 Å². The number of fused-ring (bicyclic) bond motifs is 5. The van der Waals surface area contributed by atoms with E-state index in [9.17, 15) is 9.90 Å². The van der Waals surface area contributed by atoms with Gasteiger partial charge in [0.2, 0.25) is 11.4 Å². The first-order chi connectivity index (χ1) is 14.8. The smallest absolute Gasteiger partial charge is 0.323 e. The third kappa shape index (κ3) is 2.99. The molecule has 0 bridgehead atoms. The van der Waals surface area contributed by atoms with Crippen LogP contribution in [0.1, 0.15) is 37.5 Å². The van der Waals surface area contributed by atoms with Crippen LogP contribution in [0.5, 0.6) is 5.75 Å². The third-order valence-corrected chi connectivity index (χ3v) is 6.55. The average molecular weight is 416 g/mol. The van der Waals surface area contributed by atoms with Crippen molar-refractivity contribution in [1.82, 2.24) is 0 Å². The normalized spacial score (nSPS) is 17.5. The summed E-state index contributed by atoms with van der Waals surface area (Å²) in [7, 11) is 0. The van der Waals surface area contributed by atoms with Gasteiger partial charge >= 0.3 is 5.97 Å². The van der Waals surface area contributed by atoms with Gasteiger partial charge in [-0.25, -0.2) is 0 Å². The van der Waals surface area contributed by atoms with Crippen molar-refractivity contribution in [3.63, 3.8) is 0 Å². The van der Waals surface area contributed by atoms with Gasteiger partial charge in [-0.15, -0.1) is 0 Å². The zero-order chi connectivity index (χ0) is 21.9. The maximum absolute atomic E-state index is 11.2. The van der Waals surface area contributed by atoms with Crippen molar-refractivity contribution >= 4 is 29.1 Å². The van der Waals surface area contributed by atoms with Gasteiger partial charge in [0, 0.05) is 41.6 Å². The number of ether oxygens (including phenoxy) is 1. The maximum atomic E-state index is 11.2. The number of nitrogens with zero attached hydrogens (tertiary/aromatic N) is 2. The zero-order valence-corrected chi connectivity index (χ0v) is 18.4. The van der Waals surface area contributed by atoms with Gasteiger partial charge in [0.05, 0.1) is 11.0 Å². The van der Waals surface area contributed by atoms with Gasteiger partial charge in [-0.1, -0.05) is 11.6 Å². The molecule has 0 radical (unpaired) electrons. The predicted octanol–water partition coefficient (Wildman–Crippen LogP) is 4.66. The lowest BCUT2D eigenvalue weighted by Crippen LogP contribution is -2.35. The molecule has 158 valence electrons. The Labute approximate surface area is 182 Å². The topological polar surface area (TPSA) is 52.8 Å². The molecule has 2 aromatic rings. The molecule has 5 nitrogen and oxygen atoms in total. The zero-order valence-electron chi connectivity index (χ0n) is 18.4. The minimum atomic E-state index is -0.840. The molecule has 31 heavy (non-hydrogen) atoms. The van der Waals surface area contributed by atoms with Crippen molar-refractivity contribution in [2.24, 2.45) is 0 Å². The van der Waals surface area contributed by atoms with Crippen LogP contribution >= 0.6 is 0 Å². The summed E-state index contributed by atoms with van der Waals surface area (Å²) in [4.78, 5) is 13.0. The fourth-order valence-corrected chi connectivity index (χ4v) is 5.03. The summed E-state index contributed by atoms with van der Waals surface area (Å²) >= 11 is 0. The summed E-state index contributed by atoms with van der Waals surface area (Å²) in [5, 5.41) is 9.20. The highest BCUT2D eigenvalue weighted by atomic mass is 16.5. The Morgan fingerprint density at radius 2 is 2.03 bits per heavy atom. The summed E-state index contributed by atoms with van der Waals surface area (Å²) in [6.07, 6.45) is 4.36. The van der Waals surface area contributed by atoms with E-state index in [0.29, 0.717) is 6.54 Å². The molecule has 0 unspecified atom stereocenters. The van der Waals surface area contributed by atoms with Crippen LogP contribution in [0.4, 0.5) is 11.4 Å². The van der Waals surface area contributed by atoms with Crippen molar-refractivity contribution in [2.75, 3.05) is 24.5 Å². The van der Waals surface area contributed by atoms with E-state index in [-0.39, 0.29) is 12.0 Å². The van der Waals surface area contributed by atoms with Crippen molar-refractivity contribution in [2.45, 2.75) is 33.1 Å². The van der Waals surface area contributed by atoms with Crippen LogP contribution in [0.3, 0.4) is 0 Å². The molecular weight excluding hydrogens is 388 g/mol. The second-order valence-electron chi connectivity index (χ2n) is 8.96. The molecule has 2 aromatic carbocycles. The quantitative estimate of drug-likeness (QED) is 0.739. The van der Waals surface area contributed by atoms with Crippen molar-refractivity contribution in [1.29, 1.82) is 0 Å². The van der Waals surface area contributed by atoms with Crippen LogP contribution in [0.25, 0.3) is 6.08 Å². The summed E-state index contributed by atoms with van der Waals surface area (Å²) in [6.45, 7) is 10.0. The van der Waals surface area contributed by atoms with E-state index >= 15 is 0 Å². The van der Waals surface area contributed by atoms with E-state index in [2.05, 4.69) is 55.7 Å². The Bertz CT molecular complexity index is 1220. The average Bonchev–Trinajstić information content (AvgIpc) is 2.96. The Morgan fingerprint density at radius 1 is 1.23 bits per heavy atom. The standard InChI is InChI=1S/C26H26N2O3/c1-5-27(15-24(29)30)18-8-7-17-13-19-22(31-23(17)14-18)10-11-28-21-9-6-16(2)12-20(21)26(3,4)25(19)28/h6-10,12-14H,5,11,15H2,1-4H3/p+1. The minimum Gasteiger partial charge on any atom is -0.480 e. The molecule has 1 N–H and O–H groups in total. The van der Waals surface area contributed by atoms with E-state index in [4.69, 9.17) is 4.74 Å². The number of hydrogen-bond acceptors (Lipinski definition) is 3. The number of hydrogen-bond donors (Lipinski definition) is 1. The molecule has 3 aliphatic heterocycles. The number of rotatable bonds is 4.